The van der Waals surface area contributed by atoms with Crippen molar-refractivity contribution < 1.29 is 20.1 Å². The van der Waals surface area contributed by atoms with E-state index in [4.69, 9.17) is 5.11 Å². The van der Waals surface area contributed by atoms with Crippen LogP contribution in [0.1, 0.15) is 85.0 Å². The lowest BCUT2D eigenvalue weighted by molar-refractivity contribution is -0.175. The van der Waals surface area contributed by atoms with Crippen LogP contribution in [0.2, 0.25) is 0 Å². The number of carboxylic acid groups (broad SMARTS) is 1. The maximum atomic E-state index is 11.5. The highest BCUT2D eigenvalue weighted by molar-refractivity contribution is 5.66. The topological polar surface area (TPSA) is 77.8 Å². The molecule has 4 aliphatic carbocycles. The summed E-state index contributed by atoms with van der Waals surface area (Å²) in [5, 5.41) is 30.8. The van der Waals surface area contributed by atoms with E-state index in [2.05, 4.69) is 20.8 Å². The quantitative estimate of drug-likeness (QED) is 0.659. The molecule has 4 nitrogen and oxygen atoms in total. The number of hydrogen-bond acceptors (Lipinski definition) is 3. The zero-order valence-electron chi connectivity index (χ0n) is 17.9. The van der Waals surface area contributed by atoms with Crippen LogP contribution in [0.3, 0.4) is 0 Å². The molecule has 4 heteroatoms. The number of aliphatic hydroxyl groups is 2. The van der Waals surface area contributed by atoms with Gasteiger partial charge < -0.3 is 15.3 Å². The minimum absolute atomic E-state index is 0.0591. The van der Waals surface area contributed by atoms with Crippen molar-refractivity contribution in [2.75, 3.05) is 0 Å². The Hall–Kier alpha value is -0.610. The Morgan fingerprint density at radius 3 is 2.50 bits per heavy atom. The fraction of sp³-hybridized carbons (Fsp3) is 0.958. The molecule has 4 saturated carbocycles. The Balaban J connectivity index is 1.56. The minimum Gasteiger partial charge on any atom is -0.481 e. The van der Waals surface area contributed by atoms with E-state index in [0.29, 0.717) is 35.5 Å². The molecule has 28 heavy (non-hydrogen) atoms. The summed E-state index contributed by atoms with van der Waals surface area (Å²) in [5.74, 6) is 2.55. The van der Waals surface area contributed by atoms with Gasteiger partial charge in [0, 0.05) is 6.42 Å². The highest BCUT2D eigenvalue weighted by atomic mass is 16.4. The Morgan fingerprint density at radius 2 is 1.79 bits per heavy atom. The normalized spacial score (nSPS) is 51.7. The fourth-order valence-corrected chi connectivity index (χ4v) is 8.71. The Morgan fingerprint density at radius 1 is 1.04 bits per heavy atom. The summed E-state index contributed by atoms with van der Waals surface area (Å²) >= 11 is 0. The molecule has 0 aromatic heterocycles. The maximum absolute atomic E-state index is 11.5. The van der Waals surface area contributed by atoms with Crippen LogP contribution in [0, 0.1) is 46.3 Å². The van der Waals surface area contributed by atoms with Crippen LogP contribution in [0.4, 0.5) is 0 Å². The first-order chi connectivity index (χ1) is 13.2. The fourth-order valence-electron chi connectivity index (χ4n) is 8.71. The summed E-state index contributed by atoms with van der Waals surface area (Å²) in [6.45, 7) is 6.99. The molecular weight excluding hydrogens is 352 g/mol. The van der Waals surface area contributed by atoms with Crippen molar-refractivity contribution in [3.63, 3.8) is 0 Å². The lowest BCUT2D eigenvalue weighted by atomic mass is 9.43. The second-order valence-corrected chi connectivity index (χ2v) is 11.3. The molecule has 0 spiro atoms. The van der Waals surface area contributed by atoms with Gasteiger partial charge in [0.05, 0.1) is 12.2 Å². The van der Waals surface area contributed by atoms with Crippen LogP contribution in [0.25, 0.3) is 0 Å². The molecule has 4 fully saturated rings. The zero-order chi connectivity index (χ0) is 20.3. The predicted octanol–water partition coefficient (Wildman–Crippen LogP) is 4.48. The van der Waals surface area contributed by atoms with E-state index >= 15 is 0 Å². The molecule has 4 aliphatic rings. The van der Waals surface area contributed by atoms with Gasteiger partial charge >= 0.3 is 5.97 Å². The number of hydrogen-bond donors (Lipinski definition) is 3. The summed E-state index contributed by atoms with van der Waals surface area (Å²) in [6.07, 6.45) is 9.26. The third-order valence-corrected chi connectivity index (χ3v) is 10.3. The molecule has 0 aromatic carbocycles. The largest absolute Gasteiger partial charge is 0.481 e. The Bertz CT molecular complexity index is 605. The second kappa shape index (κ2) is 7.27. The maximum Gasteiger partial charge on any atom is 0.303 e. The summed E-state index contributed by atoms with van der Waals surface area (Å²) < 4.78 is 0. The van der Waals surface area contributed by atoms with Crippen molar-refractivity contribution in [1.82, 2.24) is 0 Å². The molecule has 0 radical (unpaired) electrons. The number of carboxylic acids is 1. The van der Waals surface area contributed by atoms with Crippen LogP contribution in [-0.4, -0.2) is 33.5 Å². The third kappa shape index (κ3) is 3.05. The van der Waals surface area contributed by atoms with Crippen molar-refractivity contribution in [3.05, 3.63) is 0 Å². The molecule has 0 heterocycles. The lowest BCUT2D eigenvalue weighted by Crippen LogP contribution is -2.58. The standard InChI is InChI=1S/C24H40O4/c1-14(4-9-22(27)28)18-7-8-19-17-6-5-15-12-16(25)10-11-23(15,2)20(17)13-21(26)24(18,19)3/h14-21,25-26H,4-13H2,1-3H3,(H,27,28)/t14-,15-,16-,17?,18-,19+,20?,21+,23+,24-/m1/s1. The number of carbonyl (C=O) groups is 1. The van der Waals surface area contributed by atoms with Crippen molar-refractivity contribution >= 4 is 5.97 Å². The molecule has 10 atom stereocenters. The molecule has 2 unspecified atom stereocenters. The summed E-state index contributed by atoms with van der Waals surface area (Å²) in [6, 6.07) is 0. The minimum atomic E-state index is -0.707. The monoisotopic (exact) mass is 392 g/mol. The predicted molar refractivity (Wildman–Crippen MR) is 109 cm³/mol. The van der Waals surface area contributed by atoms with E-state index in [1.807, 2.05) is 0 Å². The van der Waals surface area contributed by atoms with Crippen molar-refractivity contribution in [1.29, 1.82) is 0 Å². The first-order valence-corrected chi connectivity index (χ1v) is 11.8. The molecule has 3 N–H and O–H groups in total. The van der Waals surface area contributed by atoms with E-state index < -0.39 is 5.97 Å². The van der Waals surface area contributed by atoms with Gasteiger partial charge in [-0.2, -0.15) is 0 Å². The molecular formula is C24H40O4. The Labute approximate surface area is 170 Å². The summed E-state index contributed by atoms with van der Waals surface area (Å²) in [7, 11) is 0. The first-order valence-electron chi connectivity index (χ1n) is 11.8. The number of fused-ring (bicyclic) bond motifs is 5. The van der Waals surface area contributed by atoms with Crippen molar-refractivity contribution in [2.24, 2.45) is 46.3 Å². The number of aliphatic carboxylic acids is 1. The zero-order valence-corrected chi connectivity index (χ0v) is 17.9. The van der Waals surface area contributed by atoms with Gasteiger partial charge in [-0.25, -0.2) is 0 Å². The average Bonchev–Trinajstić information content (AvgIpc) is 3.00. The van der Waals surface area contributed by atoms with Crippen LogP contribution in [0.5, 0.6) is 0 Å². The van der Waals surface area contributed by atoms with Gasteiger partial charge in [-0.05, 0) is 104 Å². The van der Waals surface area contributed by atoms with E-state index in [9.17, 15) is 15.0 Å². The summed E-state index contributed by atoms with van der Waals surface area (Å²) in [5.41, 5.74) is 0.216. The first kappa shape index (κ1) is 20.7. The molecule has 0 aliphatic heterocycles. The van der Waals surface area contributed by atoms with Crippen LogP contribution < -0.4 is 0 Å². The SMILES string of the molecule is C[C@H](CCC(=O)O)[C@H]1CC[C@H]2C3CC[C@@H]4C[C@H](O)CC[C@]4(C)C3C[C@H](O)[C@]12C. The molecule has 0 amide bonds. The summed E-state index contributed by atoms with van der Waals surface area (Å²) in [4.78, 5) is 11.1. The highest BCUT2D eigenvalue weighted by Gasteiger charge is 2.63. The lowest BCUT2D eigenvalue weighted by Gasteiger charge is -2.62. The third-order valence-electron chi connectivity index (χ3n) is 10.3. The molecule has 4 rings (SSSR count). The second-order valence-electron chi connectivity index (χ2n) is 11.3. The van der Waals surface area contributed by atoms with E-state index in [1.165, 1.54) is 19.3 Å². The van der Waals surface area contributed by atoms with Gasteiger partial charge in [-0.15, -0.1) is 0 Å². The molecule has 0 bridgehead atoms. The molecule has 0 saturated heterocycles. The molecule has 0 aromatic rings. The highest BCUT2D eigenvalue weighted by Crippen LogP contribution is 2.68. The Kier molecular flexibility index (Phi) is 5.36. The van der Waals surface area contributed by atoms with Gasteiger partial charge in [-0.3, -0.25) is 4.79 Å². The van der Waals surface area contributed by atoms with Gasteiger partial charge in [0.15, 0.2) is 0 Å². The van der Waals surface area contributed by atoms with E-state index in [1.54, 1.807) is 0 Å². The number of rotatable bonds is 4. The molecule has 160 valence electrons. The average molecular weight is 393 g/mol. The van der Waals surface area contributed by atoms with Crippen LogP contribution >= 0.6 is 0 Å². The van der Waals surface area contributed by atoms with Crippen molar-refractivity contribution in [3.8, 4) is 0 Å². The van der Waals surface area contributed by atoms with Crippen molar-refractivity contribution in [2.45, 2.75) is 97.2 Å². The number of aliphatic hydroxyl groups excluding tert-OH is 2. The van der Waals surface area contributed by atoms with Gasteiger partial charge in [-0.1, -0.05) is 20.8 Å². The van der Waals surface area contributed by atoms with Gasteiger partial charge in [0.1, 0.15) is 0 Å². The smallest absolute Gasteiger partial charge is 0.303 e. The van der Waals surface area contributed by atoms with Crippen LogP contribution in [-0.2, 0) is 4.79 Å². The van der Waals surface area contributed by atoms with E-state index in [-0.39, 0.29) is 29.5 Å². The van der Waals surface area contributed by atoms with Gasteiger partial charge in [0.25, 0.3) is 0 Å². The van der Waals surface area contributed by atoms with Crippen LogP contribution in [0.15, 0.2) is 0 Å². The van der Waals surface area contributed by atoms with Gasteiger partial charge in [0.2, 0.25) is 0 Å². The van der Waals surface area contributed by atoms with E-state index in [0.717, 1.165) is 38.5 Å².